The molecule has 0 aliphatic carbocycles. The Bertz CT molecular complexity index is 112. The molecular formula is C7H12O. The molecule has 0 N–H and O–H groups in total. The van der Waals surface area contributed by atoms with Crippen molar-refractivity contribution in [1.82, 2.24) is 0 Å². The van der Waals surface area contributed by atoms with E-state index in [-0.39, 0.29) is 0 Å². The summed E-state index contributed by atoms with van der Waals surface area (Å²) < 4.78 is 4.86. The predicted molar refractivity (Wildman–Crippen MR) is 35.6 cm³/mol. The van der Waals surface area contributed by atoms with E-state index in [0.717, 1.165) is 11.3 Å². The van der Waals surface area contributed by atoms with Crippen molar-refractivity contribution in [3.05, 3.63) is 24.0 Å². The Balaban J connectivity index is 3.75. The maximum Gasteiger partial charge on any atom is 0.0926 e. The van der Waals surface area contributed by atoms with E-state index < -0.39 is 0 Å². The Hall–Kier alpha value is -0.720. The molecule has 0 aromatic rings. The summed E-state index contributed by atoms with van der Waals surface area (Å²) in [5.41, 5.74) is 1.02. The molecule has 0 saturated carbocycles. The van der Waals surface area contributed by atoms with Gasteiger partial charge < -0.3 is 4.74 Å². The second kappa shape index (κ2) is 3.30. The summed E-state index contributed by atoms with van der Waals surface area (Å²) >= 11 is 0. The number of rotatable bonds is 2. The molecule has 0 unspecified atom stereocenters. The van der Waals surface area contributed by atoms with Crippen molar-refractivity contribution in [3.63, 3.8) is 0 Å². The predicted octanol–water partition coefficient (Wildman–Crippen LogP) is 2.11. The van der Waals surface area contributed by atoms with Gasteiger partial charge in [0, 0.05) is 0 Å². The van der Waals surface area contributed by atoms with E-state index in [0.29, 0.717) is 0 Å². The van der Waals surface area contributed by atoms with Gasteiger partial charge in [0.1, 0.15) is 0 Å². The van der Waals surface area contributed by atoms with Crippen LogP contribution in [0.5, 0.6) is 0 Å². The van der Waals surface area contributed by atoms with Crippen LogP contribution in [0, 0.1) is 0 Å². The van der Waals surface area contributed by atoms with Crippen LogP contribution in [0.15, 0.2) is 24.0 Å². The van der Waals surface area contributed by atoms with Gasteiger partial charge in [-0.2, -0.15) is 0 Å². The molecule has 1 heteroatoms. The minimum absolute atomic E-state index is 0.900. The lowest BCUT2D eigenvalue weighted by Gasteiger charge is -1.95. The van der Waals surface area contributed by atoms with E-state index in [1.54, 1.807) is 7.11 Å². The van der Waals surface area contributed by atoms with Crippen LogP contribution >= 0.6 is 0 Å². The van der Waals surface area contributed by atoms with Crippen LogP contribution in [0.25, 0.3) is 0 Å². The van der Waals surface area contributed by atoms with Crippen LogP contribution < -0.4 is 0 Å². The number of methoxy groups -OCH3 is 1. The Morgan fingerprint density at radius 1 is 1.50 bits per heavy atom. The van der Waals surface area contributed by atoms with Gasteiger partial charge in [0.2, 0.25) is 0 Å². The van der Waals surface area contributed by atoms with Gasteiger partial charge in [-0.15, -0.1) is 0 Å². The van der Waals surface area contributed by atoms with Crippen molar-refractivity contribution >= 4 is 0 Å². The van der Waals surface area contributed by atoms with Crippen LogP contribution in [-0.4, -0.2) is 7.11 Å². The highest BCUT2D eigenvalue weighted by molar-refractivity contribution is 5.13. The third kappa shape index (κ3) is 3.47. The lowest BCUT2D eigenvalue weighted by molar-refractivity contribution is 0.293. The van der Waals surface area contributed by atoms with Gasteiger partial charge in [0.25, 0.3) is 0 Å². The zero-order valence-electron chi connectivity index (χ0n) is 5.69. The highest BCUT2D eigenvalue weighted by Crippen LogP contribution is 1.97. The summed E-state index contributed by atoms with van der Waals surface area (Å²) in [6.45, 7) is 7.52. The highest BCUT2D eigenvalue weighted by atomic mass is 16.5. The average molecular weight is 112 g/mol. The molecule has 46 valence electrons. The fraction of sp³-hybridized carbons (Fsp3) is 0.429. The van der Waals surface area contributed by atoms with Crippen molar-refractivity contribution in [2.24, 2.45) is 0 Å². The van der Waals surface area contributed by atoms with Gasteiger partial charge >= 0.3 is 0 Å². The van der Waals surface area contributed by atoms with E-state index in [1.165, 1.54) is 0 Å². The molecule has 0 atom stereocenters. The molecule has 0 spiro atoms. The molecule has 0 saturated heterocycles. The fourth-order valence-electron chi connectivity index (χ4n) is 0.406. The third-order valence-electron chi connectivity index (χ3n) is 0.772. The zero-order chi connectivity index (χ0) is 6.57. The van der Waals surface area contributed by atoms with Crippen LogP contribution in [0.1, 0.15) is 13.8 Å². The lowest BCUT2D eigenvalue weighted by Crippen LogP contribution is -1.77. The molecule has 1 nitrogen and oxygen atoms in total. The van der Waals surface area contributed by atoms with Crippen molar-refractivity contribution in [2.75, 3.05) is 7.11 Å². The minimum Gasteiger partial charge on any atom is -0.501 e. The van der Waals surface area contributed by atoms with Crippen molar-refractivity contribution in [1.29, 1.82) is 0 Å². The molecule has 0 bridgehead atoms. The molecule has 0 radical (unpaired) electrons. The van der Waals surface area contributed by atoms with Crippen molar-refractivity contribution < 1.29 is 4.74 Å². The first kappa shape index (κ1) is 7.28. The number of hydrogen-bond donors (Lipinski definition) is 0. The topological polar surface area (TPSA) is 9.23 Å². The van der Waals surface area contributed by atoms with Crippen molar-refractivity contribution in [3.8, 4) is 0 Å². The number of allylic oxidation sites excluding steroid dienone is 3. The van der Waals surface area contributed by atoms with Gasteiger partial charge in [0.05, 0.1) is 12.9 Å². The quantitative estimate of drug-likeness (QED) is 0.392. The molecule has 0 rings (SSSR count). The fourth-order valence-corrected chi connectivity index (χ4v) is 0.406. The Kier molecular flexibility index (Phi) is 3.01. The Morgan fingerprint density at radius 3 is 2.12 bits per heavy atom. The first-order valence-electron chi connectivity index (χ1n) is 2.54. The van der Waals surface area contributed by atoms with Gasteiger partial charge in [-0.05, 0) is 19.9 Å². The molecule has 0 aromatic carbocycles. The highest BCUT2D eigenvalue weighted by Gasteiger charge is 1.80. The maximum absolute atomic E-state index is 4.86. The summed E-state index contributed by atoms with van der Waals surface area (Å²) in [4.78, 5) is 0. The summed E-state index contributed by atoms with van der Waals surface area (Å²) in [5.74, 6) is 0.900. The van der Waals surface area contributed by atoms with E-state index in [2.05, 4.69) is 6.58 Å². The van der Waals surface area contributed by atoms with Gasteiger partial charge in [-0.1, -0.05) is 12.2 Å². The summed E-state index contributed by atoms with van der Waals surface area (Å²) in [6, 6.07) is 0. The lowest BCUT2D eigenvalue weighted by atomic mass is 10.3. The second-order valence-corrected chi connectivity index (χ2v) is 1.81. The van der Waals surface area contributed by atoms with Gasteiger partial charge in [-0.25, -0.2) is 0 Å². The molecule has 0 heterocycles. The monoisotopic (exact) mass is 112 g/mol. The van der Waals surface area contributed by atoms with E-state index >= 15 is 0 Å². The molecule has 0 aliphatic rings. The maximum atomic E-state index is 4.86. The Morgan fingerprint density at radius 2 is 2.00 bits per heavy atom. The van der Waals surface area contributed by atoms with Crippen LogP contribution in [0.2, 0.25) is 0 Å². The van der Waals surface area contributed by atoms with Crippen molar-refractivity contribution in [2.45, 2.75) is 13.8 Å². The summed E-state index contributed by atoms with van der Waals surface area (Å²) in [7, 11) is 1.65. The molecule has 0 amide bonds. The van der Waals surface area contributed by atoms with Gasteiger partial charge in [-0.3, -0.25) is 0 Å². The smallest absolute Gasteiger partial charge is 0.0926 e. The van der Waals surface area contributed by atoms with E-state index in [1.807, 2.05) is 19.9 Å². The largest absolute Gasteiger partial charge is 0.501 e. The SMILES string of the molecule is C=C(C)C=C(C)OC. The standard InChI is InChI=1S/C7H12O/c1-6(2)5-7(3)8-4/h5H,1H2,2-4H3. The Labute approximate surface area is 50.7 Å². The molecular weight excluding hydrogens is 100 g/mol. The van der Waals surface area contributed by atoms with Crippen LogP contribution in [0.3, 0.4) is 0 Å². The molecule has 0 fully saturated rings. The normalized spacial score (nSPS) is 11.1. The van der Waals surface area contributed by atoms with E-state index in [9.17, 15) is 0 Å². The van der Waals surface area contributed by atoms with Gasteiger partial charge in [0.15, 0.2) is 0 Å². The molecule has 8 heavy (non-hydrogen) atoms. The van der Waals surface area contributed by atoms with Crippen LogP contribution in [-0.2, 0) is 4.74 Å². The third-order valence-corrected chi connectivity index (χ3v) is 0.772. The average Bonchev–Trinajstić information content (AvgIpc) is 1.65. The second-order valence-electron chi connectivity index (χ2n) is 1.81. The molecule has 0 aliphatic heterocycles. The number of ether oxygens (including phenoxy) is 1. The molecule has 0 aromatic heterocycles. The van der Waals surface area contributed by atoms with E-state index in [4.69, 9.17) is 4.74 Å². The zero-order valence-corrected chi connectivity index (χ0v) is 5.69. The minimum atomic E-state index is 0.900. The summed E-state index contributed by atoms with van der Waals surface area (Å²) in [5, 5.41) is 0. The van der Waals surface area contributed by atoms with Crippen LogP contribution in [0.4, 0.5) is 0 Å². The summed E-state index contributed by atoms with van der Waals surface area (Å²) in [6.07, 6.45) is 1.89. The number of hydrogen-bond acceptors (Lipinski definition) is 1. The first-order valence-corrected chi connectivity index (χ1v) is 2.54. The first-order chi connectivity index (χ1) is 3.66.